The van der Waals surface area contributed by atoms with Crippen molar-refractivity contribution in [2.24, 2.45) is 0 Å². The van der Waals surface area contributed by atoms with E-state index in [9.17, 15) is 18.0 Å². The molecule has 2 aliphatic heterocycles. The second-order valence-electron chi connectivity index (χ2n) is 6.73. The number of amides is 1. The molecule has 1 amide bonds. The SMILES string of the molecule is CS(=O)(=O)OCCCCCC(=O)c1cc2c3c(c1)CC(=O)N3CCC2. The Bertz CT molecular complexity index is 800. The molecule has 0 saturated heterocycles. The number of benzene rings is 1. The summed E-state index contributed by atoms with van der Waals surface area (Å²) < 4.78 is 26.4. The van der Waals surface area contributed by atoms with Gasteiger partial charge in [-0.15, -0.1) is 0 Å². The summed E-state index contributed by atoms with van der Waals surface area (Å²) in [7, 11) is -3.39. The minimum absolute atomic E-state index is 0.0829. The van der Waals surface area contributed by atoms with E-state index < -0.39 is 10.1 Å². The van der Waals surface area contributed by atoms with Crippen molar-refractivity contribution < 1.29 is 22.2 Å². The highest BCUT2D eigenvalue weighted by Crippen LogP contribution is 2.37. The number of hydrogen-bond acceptors (Lipinski definition) is 5. The number of anilines is 1. The van der Waals surface area contributed by atoms with Crippen LogP contribution in [0.1, 0.15) is 53.6 Å². The monoisotopic (exact) mass is 365 g/mol. The van der Waals surface area contributed by atoms with Crippen LogP contribution in [0.5, 0.6) is 0 Å². The van der Waals surface area contributed by atoms with Crippen LogP contribution in [0, 0.1) is 0 Å². The molecule has 7 heteroatoms. The standard InChI is InChI=1S/C18H23NO5S/c1-25(22,23)24-9-4-2-3-7-16(20)14-10-13-6-5-8-19-17(21)12-15(11-14)18(13)19/h10-11H,2-9,12H2,1H3. The molecule has 1 aromatic rings. The minimum atomic E-state index is -3.39. The summed E-state index contributed by atoms with van der Waals surface area (Å²) in [6.45, 7) is 0.940. The average molecular weight is 365 g/mol. The summed E-state index contributed by atoms with van der Waals surface area (Å²) in [5, 5.41) is 0. The lowest BCUT2D eigenvalue weighted by Crippen LogP contribution is -2.31. The highest BCUT2D eigenvalue weighted by Gasteiger charge is 2.32. The van der Waals surface area contributed by atoms with Crippen LogP contribution in [0.4, 0.5) is 5.69 Å². The van der Waals surface area contributed by atoms with E-state index in [-0.39, 0.29) is 18.3 Å². The summed E-state index contributed by atoms with van der Waals surface area (Å²) in [5.74, 6) is 0.214. The first-order valence-electron chi connectivity index (χ1n) is 8.69. The van der Waals surface area contributed by atoms with Gasteiger partial charge in [0.1, 0.15) is 0 Å². The summed E-state index contributed by atoms with van der Waals surface area (Å²) >= 11 is 0. The smallest absolute Gasteiger partial charge is 0.264 e. The van der Waals surface area contributed by atoms with Gasteiger partial charge < -0.3 is 4.90 Å². The fraction of sp³-hybridized carbons (Fsp3) is 0.556. The third kappa shape index (κ3) is 4.27. The van der Waals surface area contributed by atoms with Crippen LogP contribution in [0.25, 0.3) is 0 Å². The van der Waals surface area contributed by atoms with Gasteiger partial charge in [-0.25, -0.2) is 0 Å². The molecule has 0 radical (unpaired) electrons. The summed E-state index contributed by atoms with van der Waals surface area (Å²) in [4.78, 5) is 26.4. The molecule has 0 spiro atoms. The molecular formula is C18H23NO5S. The van der Waals surface area contributed by atoms with Gasteiger partial charge >= 0.3 is 0 Å². The van der Waals surface area contributed by atoms with E-state index >= 15 is 0 Å². The van der Waals surface area contributed by atoms with Gasteiger partial charge in [-0.05, 0) is 48.9 Å². The van der Waals surface area contributed by atoms with E-state index in [1.165, 1.54) is 0 Å². The van der Waals surface area contributed by atoms with Gasteiger partial charge in [0.15, 0.2) is 5.78 Å². The molecular weight excluding hydrogens is 342 g/mol. The zero-order valence-electron chi connectivity index (χ0n) is 14.4. The van der Waals surface area contributed by atoms with Crippen LogP contribution in [-0.4, -0.2) is 39.5 Å². The van der Waals surface area contributed by atoms with Gasteiger partial charge in [0.05, 0.1) is 25.0 Å². The highest BCUT2D eigenvalue weighted by molar-refractivity contribution is 7.85. The maximum Gasteiger partial charge on any atom is 0.264 e. The van der Waals surface area contributed by atoms with E-state index in [2.05, 4.69) is 4.18 Å². The second-order valence-corrected chi connectivity index (χ2v) is 8.37. The number of hydrogen-bond donors (Lipinski definition) is 0. The first-order chi connectivity index (χ1) is 11.8. The maximum atomic E-state index is 12.5. The number of rotatable bonds is 8. The summed E-state index contributed by atoms with van der Waals surface area (Å²) in [6, 6.07) is 3.82. The zero-order valence-corrected chi connectivity index (χ0v) is 15.2. The van der Waals surface area contributed by atoms with E-state index in [1.807, 2.05) is 17.0 Å². The summed E-state index contributed by atoms with van der Waals surface area (Å²) in [6.07, 6.45) is 5.75. The Labute approximate surface area is 148 Å². The number of carbonyl (C=O) groups excluding carboxylic acids is 2. The number of Topliss-reactive ketones (excluding diaryl/α,β-unsaturated/α-hetero) is 1. The molecule has 3 rings (SSSR count). The fourth-order valence-corrected chi connectivity index (χ4v) is 3.98. The molecule has 6 nitrogen and oxygen atoms in total. The normalized spacial score (nSPS) is 16.2. The molecule has 0 unspecified atom stereocenters. The Morgan fingerprint density at radius 2 is 1.96 bits per heavy atom. The Morgan fingerprint density at radius 1 is 1.20 bits per heavy atom. The largest absolute Gasteiger partial charge is 0.312 e. The molecule has 0 saturated carbocycles. The predicted octanol–water partition coefficient (Wildman–Crippen LogP) is 2.24. The van der Waals surface area contributed by atoms with E-state index in [4.69, 9.17) is 0 Å². The molecule has 2 heterocycles. The number of carbonyl (C=O) groups is 2. The lowest BCUT2D eigenvalue weighted by Gasteiger charge is -2.25. The first-order valence-corrected chi connectivity index (χ1v) is 10.5. The van der Waals surface area contributed by atoms with Gasteiger partial charge in [-0.1, -0.05) is 6.42 Å². The van der Waals surface area contributed by atoms with Crippen LogP contribution in [-0.2, 0) is 31.9 Å². The topological polar surface area (TPSA) is 80.8 Å². The highest BCUT2D eigenvalue weighted by atomic mass is 32.2. The predicted molar refractivity (Wildman–Crippen MR) is 94.4 cm³/mol. The third-order valence-corrected chi connectivity index (χ3v) is 5.27. The number of ketones is 1. The van der Waals surface area contributed by atoms with Crippen LogP contribution in [0.3, 0.4) is 0 Å². The lowest BCUT2D eigenvalue weighted by atomic mass is 9.94. The number of unbranched alkanes of at least 4 members (excludes halogenated alkanes) is 2. The van der Waals surface area contributed by atoms with Crippen LogP contribution in [0.2, 0.25) is 0 Å². The van der Waals surface area contributed by atoms with Crippen molar-refractivity contribution >= 4 is 27.5 Å². The molecule has 0 N–H and O–H groups in total. The van der Waals surface area contributed by atoms with Gasteiger partial charge in [0.2, 0.25) is 5.91 Å². The molecule has 136 valence electrons. The molecule has 0 fully saturated rings. The van der Waals surface area contributed by atoms with Gasteiger partial charge in [-0.3, -0.25) is 13.8 Å². The maximum absolute atomic E-state index is 12.5. The van der Waals surface area contributed by atoms with Gasteiger partial charge in [0.25, 0.3) is 10.1 Å². The van der Waals surface area contributed by atoms with E-state index in [0.29, 0.717) is 31.2 Å². The molecule has 25 heavy (non-hydrogen) atoms. The van der Waals surface area contributed by atoms with Crippen molar-refractivity contribution in [2.45, 2.75) is 44.9 Å². The first kappa shape index (κ1) is 18.1. The molecule has 0 bridgehead atoms. The number of nitrogens with zero attached hydrogens (tertiary/aromatic N) is 1. The van der Waals surface area contributed by atoms with Gasteiger partial charge in [-0.2, -0.15) is 8.42 Å². The second kappa shape index (κ2) is 7.25. The Morgan fingerprint density at radius 3 is 2.72 bits per heavy atom. The van der Waals surface area contributed by atoms with Crippen molar-refractivity contribution in [3.05, 3.63) is 28.8 Å². The van der Waals surface area contributed by atoms with Crippen molar-refractivity contribution in [2.75, 3.05) is 24.3 Å². The molecule has 0 atom stereocenters. The van der Waals surface area contributed by atoms with Crippen molar-refractivity contribution in [1.82, 2.24) is 0 Å². The lowest BCUT2D eigenvalue weighted by molar-refractivity contribution is -0.117. The quantitative estimate of drug-likeness (QED) is 0.401. The fourth-order valence-electron chi connectivity index (χ4n) is 3.56. The van der Waals surface area contributed by atoms with E-state index in [1.54, 1.807) is 0 Å². The zero-order chi connectivity index (χ0) is 18.0. The van der Waals surface area contributed by atoms with Gasteiger partial charge in [0, 0.05) is 18.5 Å². The molecule has 0 aromatic heterocycles. The van der Waals surface area contributed by atoms with Crippen molar-refractivity contribution in [3.8, 4) is 0 Å². The summed E-state index contributed by atoms with van der Waals surface area (Å²) in [5.41, 5.74) is 3.81. The van der Waals surface area contributed by atoms with E-state index in [0.717, 1.165) is 48.9 Å². The molecule has 2 aliphatic rings. The van der Waals surface area contributed by atoms with Crippen molar-refractivity contribution in [3.63, 3.8) is 0 Å². The minimum Gasteiger partial charge on any atom is -0.312 e. The Kier molecular flexibility index (Phi) is 5.24. The Hall–Kier alpha value is -1.73. The van der Waals surface area contributed by atoms with Crippen LogP contribution in [0.15, 0.2) is 12.1 Å². The van der Waals surface area contributed by atoms with Crippen molar-refractivity contribution in [1.29, 1.82) is 0 Å². The molecule has 0 aliphatic carbocycles. The van der Waals surface area contributed by atoms with Crippen LogP contribution < -0.4 is 4.90 Å². The van der Waals surface area contributed by atoms with Crippen LogP contribution >= 0.6 is 0 Å². The Balaban J connectivity index is 1.55. The average Bonchev–Trinajstić information content (AvgIpc) is 2.87. The third-order valence-electron chi connectivity index (χ3n) is 4.68. The molecule has 1 aromatic carbocycles. The number of aryl methyl sites for hydroxylation is 1.